The Kier molecular flexibility index (Phi) is 39.8. The molecule has 0 saturated heterocycles. The van der Waals surface area contributed by atoms with Gasteiger partial charge in [0, 0.05) is 0 Å². The normalized spacial score (nSPS) is 11.2. The molecule has 0 aliphatic carbocycles. The van der Waals surface area contributed by atoms with Gasteiger partial charge in [-0.05, 0) is 55.1 Å². The second kappa shape index (κ2) is 36.1. The minimum Gasteiger partial charge on any atom is -0.0683 e. The fourth-order valence-corrected chi connectivity index (χ4v) is 4.95. The maximum atomic E-state index is 2.42. The number of benzene rings is 3. The summed E-state index contributed by atoms with van der Waals surface area (Å²) in [5.74, 6) is 1.71. The Balaban J connectivity index is -0.000000245. The zero-order valence-electron chi connectivity index (χ0n) is 33.4. The fourth-order valence-electron chi connectivity index (χ4n) is 4.95. The molecule has 0 N–H and O–H groups in total. The quantitative estimate of drug-likeness (QED) is 0.211. The van der Waals surface area contributed by atoms with Crippen molar-refractivity contribution in [3.63, 3.8) is 0 Å². The molecule has 0 saturated carbocycles. The molecule has 0 spiro atoms. The predicted octanol–water partition coefficient (Wildman–Crippen LogP) is 15.6. The van der Waals surface area contributed by atoms with Gasteiger partial charge in [-0.1, -0.05) is 232 Å². The van der Waals surface area contributed by atoms with E-state index >= 15 is 0 Å². The molecular formula is C45H80. The Morgan fingerprint density at radius 2 is 0.933 bits per heavy atom. The van der Waals surface area contributed by atoms with Crippen LogP contribution in [0.2, 0.25) is 0 Å². The first-order valence-electron chi connectivity index (χ1n) is 18.8. The number of hydrogen-bond donors (Lipinski definition) is 0. The van der Waals surface area contributed by atoms with E-state index in [0.29, 0.717) is 5.41 Å². The summed E-state index contributed by atoms with van der Waals surface area (Å²) in [4.78, 5) is 0. The molecule has 45 heavy (non-hydrogen) atoms. The molecular weight excluding hydrogens is 540 g/mol. The molecule has 0 amide bonds. The van der Waals surface area contributed by atoms with Crippen LogP contribution in [0.3, 0.4) is 0 Å². The molecule has 0 bridgehead atoms. The van der Waals surface area contributed by atoms with Gasteiger partial charge in [-0.3, -0.25) is 0 Å². The lowest BCUT2D eigenvalue weighted by atomic mass is 9.69. The summed E-state index contributed by atoms with van der Waals surface area (Å²) in [7, 11) is 0. The van der Waals surface area contributed by atoms with Crippen molar-refractivity contribution in [1.29, 1.82) is 0 Å². The summed E-state index contributed by atoms with van der Waals surface area (Å²) >= 11 is 0. The summed E-state index contributed by atoms with van der Waals surface area (Å²) in [6, 6.07) is 29.9. The lowest BCUT2D eigenvalue weighted by Crippen LogP contribution is -2.29. The molecule has 2 unspecified atom stereocenters. The van der Waals surface area contributed by atoms with E-state index in [4.69, 9.17) is 0 Å². The zero-order valence-corrected chi connectivity index (χ0v) is 33.4. The summed E-state index contributed by atoms with van der Waals surface area (Å²) in [5.41, 5.74) is 5.93. The Morgan fingerprint density at radius 1 is 0.533 bits per heavy atom. The van der Waals surface area contributed by atoms with Crippen molar-refractivity contribution in [3.8, 4) is 0 Å². The second-order valence-electron chi connectivity index (χ2n) is 11.5. The summed E-state index contributed by atoms with van der Waals surface area (Å²) < 4.78 is 0. The van der Waals surface area contributed by atoms with Crippen LogP contribution in [0.15, 0.2) is 84.9 Å². The molecule has 0 radical (unpaired) electrons. The van der Waals surface area contributed by atoms with E-state index in [9.17, 15) is 0 Å². The molecule has 3 aromatic carbocycles. The van der Waals surface area contributed by atoms with E-state index < -0.39 is 0 Å². The maximum absolute atomic E-state index is 2.42. The highest BCUT2D eigenvalue weighted by Gasteiger charge is 2.30. The summed E-state index contributed by atoms with van der Waals surface area (Å²) in [5, 5.41) is 0. The van der Waals surface area contributed by atoms with Gasteiger partial charge in [0.1, 0.15) is 0 Å². The van der Waals surface area contributed by atoms with Gasteiger partial charge < -0.3 is 0 Å². The summed E-state index contributed by atoms with van der Waals surface area (Å²) in [6.07, 6.45) is 10.5. The molecule has 3 aromatic rings. The lowest BCUT2D eigenvalue weighted by molar-refractivity contribution is 0.282. The number of aryl methyl sites for hydroxylation is 3. The minimum absolute atomic E-state index is 0.352. The van der Waals surface area contributed by atoms with Crippen molar-refractivity contribution < 1.29 is 0 Å². The smallest absolute Gasteiger partial charge is 0.00499 e. The van der Waals surface area contributed by atoms with E-state index in [1.807, 2.05) is 59.7 Å². The molecule has 0 heterocycles. The van der Waals surface area contributed by atoms with E-state index in [0.717, 1.165) is 18.3 Å². The van der Waals surface area contributed by atoms with Crippen LogP contribution >= 0.6 is 0 Å². The molecule has 0 fully saturated rings. The van der Waals surface area contributed by atoms with Gasteiger partial charge in [0.15, 0.2) is 0 Å². The highest BCUT2D eigenvalue weighted by molar-refractivity contribution is 5.25. The molecule has 0 aliphatic rings. The minimum atomic E-state index is 0.352. The number of hydrogen-bond acceptors (Lipinski definition) is 0. The highest BCUT2D eigenvalue weighted by atomic mass is 14.3. The van der Waals surface area contributed by atoms with Gasteiger partial charge in [-0.15, -0.1) is 0 Å². The Morgan fingerprint density at radius 3 is 1.24 bits per heavy atom. The van der Waals surface area contributed by atoms with Crippen LogP contribution in [0, 0.1) is 25.7 Å². The van der Waals surface area contributed by atoms with Crippen molar-refractivity contribution in [2.24, 2.45) is 11.8 Å². The van der Waals surface area contributed by atoms with Gasteiger partial charge in [0.2, 0.25) is 0 Å². The Bertz CT molecular complexity index is 903. The van der Waals surface area contributed by atoms with E-state index in [1.165, 1.54) is 67.2 Å². The van der Waals surface area contributed by atoms with E-state index in [2.05, 4.69) is 136 Å². The molecule has 0 aliphatic heterocycles. The van der Waals surface area contributed by atoms with Gasteiger partial charge in [-0.2, -0.15) is 0 Å². The van der Waals surface area contributed by atoms with Crippen LogP contribution in [-0.4, -0.2) is 0 Å². The first kappa shape index (κ1) is 49.5. The maximum Gasteiger partial charge on any atom is -0.00499 e. The Hall–Kier alpha value is -2.34. The molecule has 0 heteroatoms. The van der Waals surface area contributed by atoms with Crippen LogP contribution in [0.4, 0.5) is 0 Å². The molecule has 0 aromatic heterocycles. The standard InChI is InChI=1S/C15H24.C9H12.C8H18.C7H8.3C2H6/c1-5-12-15(4,13(3)6-2)14-10-8-7-9-11-14;1-3-9-6-4-8(2)5-7-9;1-4-6-8(3)7-5-2;1-7-5-3-2-4-6-7;3*1-2/h7-11,13H,5-6,12H2,1-4H3;4-7H,3H2,1-2H3;8H,4-7H2,1-3H3;2-6H,1H3;3*1-2H3. The molecule has 2 atom stereocenters. The third-order valence-electron chi connectivity index (χ3n) is 7.93. The zero-order chi connectivity index (χ0) is 35.5. The molecule has 260 valence electrons. The van der Waals surface area contributed by atoms with Crippen molar-refractivity contribution in [2.45, 2.75) is 168 Å². The van der Waals surface area contributed by atoms with Crippen LogP contribution < -0.4 is 0 Å². The monoisotopic (exact) mass is 621 g/mol. The lowest BCUT2D eigenvalue weighted by Gasteiger charge is -2.36. The van der Waals surface area contributed by atoms with Crippen molar-refractivity contribution >= 4 is 0 Å². The van der Waals surface area contributed by atoms with E-state index in [1.54, 1.807) is 0 Å². The van der Waals surface area contributed by atoms with Gasteiger partial charge in [-0.25, -0.2) is 0 Å². The third-order valence-corrected chi connectivity index (χ3v) is 7.93. The van der Waals surface area contributed by atoms with Crippen LogP contribution in [0.1, 0.15) is 164 Å². The van der Waals surface area contributed by atoms with Gasteiger partial charge >= 0.3 is 0 Å². The largest absolute Gasteiger partial charge is 0.0683 e. The summed E-state index contributed by atoms with van der Waals surface area (Å²) in [6.45, 7) is 34.6. The van der Waals surface area contributed by atoms with Crippen LogP contribution in [0.25, 0.3) is 0 Å². The highest BCUT2D eigenvalue weighted by Crippen LogP contribution is 2.38. The predicted molar refractivity (Wildman–Crippen MR) is 213 cm³/mol. The third kappa shape index (κ3) is 26.6. The van der Waals surface area contributed by atoms with Crippen LogP contribution in [0.5, 0.6) is 0 Å². The van der Waals surface area contributed by atoms with Crippen LogP contribution in [-0.2, 0) is 11.8 Å². The average Bonchev–Trinajstić information content (AvgIpc) is 3.09. The van der Waals surface area contributed by atoms with Crippen molar-refractivity contribution in [2.75, 3.05) is 0 Å². The second-order valence-corrected chi connectivity index (χ2v) is 11.5. The average molecular weight is 621 g/mol. The first-order chi connectivity index (χ1) is 21.7. The fraction of sp³-hybridized carbons (Fsp3) is 0.600. The first-order valence-corrected chi connectivity index (χ1v) is 18.8. The van der Waals surface area contributed by atoms with Crippen molar-refractivity contribution in [3.05, 3.63) is 107 Å². The SMILES string of the molecule is CC.CC.CC.CCCC(C)(c1ccccc1)C(C)CC.CCCC(C)CCC.CCc1ccc(C)cc1.Cc1ccccc1. The van der Waals surface area contributed by atoms with E-state index in [-0.39, 0.29) is 0 Å². The van der Waals surface area contributed by atoms with Gasteiger partial charge in [0.05, 0.1) is 0 Å². The topological polar surface area (TPSA) is 0 Å². The van der Waals surface area contributed by atoms with Gasteiger partial charge in [0.25, 0.3) is 0 Å². The number of rotatable bonds is 10. The molecule has 0 nitrogen and oxygen atoms in total. The Labute approximate surface area is 285 Å². The molecule has 3 rings (SSSR count). The van der Waals surface area contributed by atoms with Crippen molar-refractivity contribution in [1.82, 2.24) is 0 Å².